The van der Waals surface area contributed by atoms with Crippen molar-refractivity contribution in [1.29, 1.82) is 5.26 Å². The van der Waals surface area contributed by atoms with Crippen LogP contribution in [-0.2, 0) is 5.79 Å². The maximum Gasteiger partial charge on any atom is 0.265 e. The molecule has 1 unspecified atom stereocenters. The summed E-state index contributed by atoms with van der Waals surface area (Å²) in [5.74, 6) is -0.997. The number of para-hydroxylation sites is 1. The first-order valence-corrected chi connectivity index (χ1v) is 8.29. The number of hydrogen-bond acceptors (Lipinski definition) is 6. The fourth-order valence-electron chi connectivity index (χ4n) is 3.31. The van der Waals surface area contributed by atoms with Crippen LogP contribution >= 0.6 is 0 Å². The van der Waals surface area contributed by atoms with Gasteiger partial charge >= 0.3 is 0 Å². The van der Waals surface area contributed by atoms with Gasteiger partial charge in [-0.05, 0) is 38.4 Å². The van der Waals surface area contributed by atoms with E-state index >= 15 is 0 Å². The second kappa shape index (κ2) is 6.02. The van der Waals surface area contributed by atoms with Gasteiger partial charge in [-0.25, -0.2) is 4.57 Å². The van der Waals surface area contributed by atoms with Crippen molar-refractivity contribution in [3.8, 4) is 6.07 Å². The molecule has 0 bridgehead atoms. The molecule has 0 aliphatic rings. The van der Waals surface area contributed by atoms with Gasteiger partial charge in [-0.1, -0.05) is 24.3 Å². The summed E-state index contributed by atoms with van der Waals surface area (Å²) >= 11 is 0. The van der Waals surface area contributed by atoms with Crippen LogP contribution in [0.5, 0.6) is 0 Å². The van der Waals surface area contributed by atoms with Crippen LogP contribution in [-0.4, -0.2) is 38.2 Å². The highest BCUT2D eigenvalue weighted by atomic mass is 16.1. The number of benzene rings is 2. The lowest BCUT2D eigenvalue weighted by molar-refractivity contribution is 0.120. The highest BCUT2D eigenvalue weighted by Gasteiger charge is 2.36. The van der Waals surface area contributed by atoms with E-state index in [0.29, 0.717) is 27.8 Å². The molecule has 8 heteroatoms. The van der Waals surface area contributed by atoms with Crippen LogP contribution in [0.3, 0.4) is 0 Å². The Balaban J connectivity index is 2.13. The quantitative estimate of drug-likeness (QED) is 0.549. The van der Waals surface area contributed by atoms with E-state index in [9.17, 15) is 4.79 Å². The summed E-state index contributed by atoms with van der Waals surface area (Å²) in [6, 6.07) is 16.2. The van der Waals surface area contributed by atoms with Crippen LogP contribution in [0.1, 0.15) is 11.1 Å². The summed E-state index contributed by atoms with van der Waals surface area (Å²) in [6.07, 6.45) is 1.56. The van der Waals surface area contributed by atoms with Crippen molar-refractivity contribution < 1.29 is 0 Å². The first-order chi connectivity index (χ1) is 13.0. The molecule has 2 N–H and O–H groups in total. The van der Waals surface area contributed by atoms with E-state index in [1.54, 1.807) is 66.1 Å². The van der Waals surface area contributed by atoms with Gasteiger partial charge in [0.1, 0.15) is 6.33 Å². The highest BCUT2D eigenvalue weighted by molar-refractivity contribution is 5.80. The minimum atomic E-state index is -1.33. The Morgan fingerprint density at radius 1 is 1.15 bits per heavy atom. The van der Waals surface area contributed by atoms with Crippen LogP contribution in [0.25, 0.3) is 16.7 Å². The van der Waals surface area contributed by atoms with Crippen molar-refractivity contribution in [2.24, 2.45) is 5.73 Å². The third-order valence-corrected chi connectivity index (χ3v) is 4.79. The lowest BCUT2D eigenvalue weighted by Gasteiger charge is -2.38. The molecule has 2 aromatic carbocycles. The van der Waals surface area contributed by atoms with Gasteiger partial charge < -0.3 is 0 Å². The molecular formula is C19H17N7O. The predicted molar refractivity (Wildman–Crippen MR) is 101 cm³/mol. The SMILES string of the molecule is CN(C)C(N)(c1ccc(C#N)cc1)n1c(=O)c2ccccc2n2cnnc12. The number of fused-ring (bicyclic) bond motifs is 3. The maximum atomic E-state index is 13.4. The first kappa shape index (κ1) is 16.9. The zero-order valence-electron chi connectivity index (χ0n) is 14.9. The minimum Gasteiger partial charge on any atom is -0.291 e. The van der Waals surface area contributed by atoms with Crippen molar-refractivity contribution in [3.05, 3.63) is 76.3 Å². The van der Waals surface area contributed by atoms with Crippen molar-refractivity contribution in [3.63, 3.8) is 0 Å². The zero-order valence-corrected chi connectivity index (χ0v) is 14.9. The molecule has 0 amide bonds. The number of nitriles is 1. The second-order valence-electron chi connectivity index (χ2n) is 6.47. The van der Waals surface area contributed by atoms with E-state index in [-0.39, 0.29) is 5.56 Å². The molecular weight excluding hydrogens is 342 g/mol. The van der Waals surface area contributed by atoms with Crippen molar-refractivity contribution >= 4 is 16.7 Å². The van der Waals surface area contributed by atoms with E-state index < -0.39 is 5.79 Å². The predicted octanol–water partition coefficient (Wildman–Crippen LogP) is 1.09. The van der Waals surface area contributed by atoms with Gasteiger partial charge in [0.2, 0.25) is 5.78 Å². The van der Waals surface area contributed by atoms with Crippen LogP contribution < -0.4 is 11.3 Å². The van der Waals surface area contributed by atoms with Crippen molar-refractivity contribution in [1.82, 2.24) is 24.1 Å². The lowest BCUT2D eigenvalue weighted by Crippen LogP contribution is -2.59. The Morgan fingerprint density at radius 2 is 1.85 bits per heavy atom. The molecule has 0 saturated carbocycles. The summed E-state index contributed by atoms with van der Waals surface area (Å²) in [4.78, 5) is 15.1. The average molecular weight is 359 g/mol. The van der Waals surface area contributed by atoms with Crippen LogP contribution in [0, 0.1) is 11.3 Å². The zero-order chi connectivity index (χ0) is 19.2. The fraction of sp³-hybridized carbons (Fsp3) is 0.158. The van der Waals surface area contributed by atoms with Gasteiger partial charge in [0.15, 0.2) is 5.79 Å². The number of aromatic nitrogens is 4. The molecule has 0 radical (unpaired) electrons. The maximum absolute atomic E-state index is 13.4. The highest BCUT2D eigenvalue weighted by Crippen LogP contribution is 2.25. The molecule has 2 aromatic heterocycles. The fourth-order valence-corrected chi connectivity index (χ4v) is 3.31. The first-order valence-electron chi connectivity index (χ1n) is 8.29. The molecule has 2 heterocycles. The van der Waals surface area contributed by atoms with E-state index in [2.05, 4.69) is 16.3 Å². The Labute approximate surface area is 154 Å². The molecule has 8 nitrogen and oxygen atoms in total. The standard InChI is InChI=1S/C19H17N7O/c1-24(2)19(21,14-9-7-13(11-20)8-10-14)26-17(27)15-5-3-4-6-16(15)25-12-22-23-18(25)26/h3-10,12H,21H2,1-2H3. The number of hydrogen-bond donors (Lipinski definition) is 1. The lowest BCUT2D eigenvalue weighted by atomic mass is 10.0. The van der Waals surface area contributed by atoms with Gasteiger partial charge in [0.05, 0.1) is 22.5 Å². The molecule has 27 heavy (non-hydrogen) atoms. The number of rotatable bonds is 3. The van der Waals surface area contributed by atoms with Gasteiger partial charge in [-0.15, -0.1) is 10.2 Å². The van der Waals surface area contributed by atoms with E-state index in [1.807, 2.05) is 12.1 Å². The normalized spacial score (nSPS) is 13.7. The summed E-state index contributed by atoms with van der Waals surface area (Å²) in [5.41, 5.74) is 8.41. The third-order valence-electron chi connectivity index (χ3n) is 4.79. The average Bonchev–Trinajstić information content (AvgIpc) is 3.17. The van der Waals surface area contributed by atoms with E-state index in [1.165, 1.54) is 4.57 Å². The number of nitrogens with two attached hydrogens (primary N) is 1. The molecule has 1 atom stereocenters. The molecule has 4 aromatic rings. The van der Waals surface area contributed by atoms with Crippen LogP contribution in [0.4, 0.5) is 0 Å². The summed E-state index contributed by atoms with van der Waals surface area (Å²) in [7, 11) is 3.57. The molecule has 0 spiro atoms. The van der Waals surface area contributed by atoms with Crippen LogP contribution in [0.2, 0.25) is 0 Å². The Kier molecular flexibility index (Phi) is 3.77. The largest absolute Gasteiger partial charge is 0.291 e. The van der Waals surface area contributed by atoms with E-state index in [0.717, 1.165) is 0 Å². The topological polar surface area (TPSA) is 105 Å². The monoisotopic (exact) mass is 359 g/mol. The van der Waals surface area contributed by atoms with Crippen molar-refractivity contribution in [2.45, 2.75) is 5.79 Å². The van der Waals surface area contributed by atoms with Crippen LogP contribution in [0.15, 0.2) is 59.7 Å². The summed E-state index contributed by atoms with van der Waals surface area (Å²) in [5, 5.41) is 17.7. The van der Waals surface area contributed by atoms with E-state index in [4.69, 9.17) is 11.0 Å². The second-order valence-corrected chi connectivity index (χ2v) is 6.47. The smallest absolute Gasteiger partial charge is 0.265 e. The van der Waals surface area contributed by atoms with Gasteiger partial charge in [0, 0.05) is 5.56 Å². The third kappa shape index (κ3) is 2.33. The minimum absolute atomic E-state index is 0.272. The molecule has 0 fully saturated rings. The Hall–Kier alpha value is -3.54. The number of nitrogens with zero attached hydrogens (tertiary/aromatic N) is 6. The molecule has 0 saturated heterocycles. The van der Waals surface area contributed by atoms with Gasteiger partial charge in [-0.3, -0.25) is 19.8 Å². The van der Waals surface area contributed by atoms with Gasteiger partial charge in [0.25, 0.3) is 5.56 Å². The van der Waals surface area contributed by atoms with Gasteiger partial charge in [-0.2, -0.15) is 5.26 Å². The Morgan fingerprint density at radius 3 is 2.52 bits per heavy atom. The van der Waals surface area contributed by atoms with Crippen molar-refractivity contribution in [2.75, 3.05) is 14.1 Å². The molecule has 4 rings (SSSR count). The molecule has 0 aliphatic carbocycles. The molecule has 0 aliphatic heterocycles. The molecule has 134 valence electrons. The Bertz CT molecular complexity index is 1250. The summed E-state index contributed by atoms with van der Waals surface area (Å²) in [6.45, 7) is 0. The summed E-state index contributed by atoms with van der Waals surface area (Å²) < 4.78 is 3.18.